The van der Waals surface area contributed by atoms with E-state index in [1.807, 2.05) is 18.2 Å². The van der Waals surface area contributed by atoms with E-state index in [0.717, 1.165) is 0 Å². The molecule has 2 aromatic carbocycles. The van der Waals surface area contributed by atoms with E-state index in [1.165, 1.54) is 0 Å². The van der Waals surface area contributed by atoms with Crippen LogP contribution in [-0.2, 0) is 20.2 Å². The summed E-state index contributed by atoms with van der Waals surface area (Å²) in [6.07, 6.45) is 0.327. The lowest BCUT2D eigenvalue weighted by Crippen LogP contribution is -2.49. The van der Waals surface area contributed by atoms with Crippen LogP contribution in [0, 0.1) is 0 Å². The fourth-order valence-corrected chi connectivity index (χ4v) is 3.64. The lowest BCUT2D eigenvalue weighted by Gasteiger charge is -2.24. The Kier molecular flexibility index (Phi) is 5.75. The minimum atomic E-state index is -3.33. The predicted octanol–water partition coefficient (Wildman–Crippen LogP) is 1.84. The number of nitrogens with two attached hydrogens (primary N) is 1. The van der Waals surface area contributed by atoms with Gasteiger partial charge >= 0.3 is 0 Å². The second kappa shape index (κ2) is 7.59. The van der Waals surface area contributed by atoms with Crippen LogP contribution in [0.1, 0.15) is 18.9 Å². The first-order valence-electron chi connectivity index (χ1n) is 7.74. The summed E-state index contributed by atoms with van der Waals surface area (Å²) in [6, 6.07) is 17.4. The average molecular weight is 346 g/mol. The van der Waals surface area contributed by atoms with E-state index in [9.17, 15) is 13.2 Å². The van der Waals surface area contributed by atoms with E-state index in [4.69, 9.17) is 5.73 Å². The molecule has 2 aromatic rings. The summed E-state index contributed by atoms with van der Waals surface area (Å²) in [5.74, 6) is -0.352. The van der Waals surface area contributed by atoms with Gasteiger partial charge in [0.1, 0.15) is 5.54 Å². The zero-order chi connectivity index (χ0) is 17.6. The highest BCUT2D eigenvalue weighted by Crippen LogP contribution is 2.17. The molecular weight excluding hydrogens is 324 g/mol. The van der Waals surface area contributed by atoms with E-state index in [0.29, 0.717) is 16.9 Å². The predicted molar refractivity (Wildman–Crippen MR) is 94.1 cm³/mol. The van der Waals surface area contributed by atoms with Gasteiger partial charge < -0.3 is 11.1 Å². The molecule has 0 aliphatic carbocycles. The maximum absolute atomic E-state index is 12.3. The highest BCUT2D eigenvalue weighted by atomic mass is 32.2. The molecule has 5 nitrogen and oxygen atoms in total. The van der Waals surface area contributed by atoms with Gasteiger partial charge in [0.05, 0.1) is 10.6 Å². The van der Waals surface area contributed by atoms with Crippen molar-refractivity contribution in [3.05, 3.63) is 66.2 Å². The third-order valence-electron chi connectivity index (χ3n) is 3.82. The highest BCUT2D eigenvalue weighted by molar-refractivity contribution is 7.91. The van der Waals surface area contributed by atoms with Gasteiger partial charge in [0.25, 0.3) is 0 Å². The second-order valence-corrected chi connectivity index (χ2v) is 7.92. The van der Waals surface area contributed by atoms with Crippen LogP contribution in [0.15, 0.2) is 65.6 Å². The Hall–Kier alpha value is -2.18. The maximum Gasteiger partial charge on any atom is 0.244 e. The Balaban J connectivity index is 1.87. The van der Waals surface area contributed by atoms with E-state index in [1.54, 1.807) is 49.4 Å². The van der Waals surface area contributed by atoms with E-state index in [2.05, 4.69) is 5.32 Å². The summed E-state index contributed by atoms with van der Waals surface area (Å²) < 4.78 is 24.3. The molecule has 0 aromatic heterocycles. The molecule has 24 heavy (non-hydrogen) atoms. The summed E-state index contributed by atoms with van der Waals surface area (Å²) in [4.78, 5) is 12.6. The largest absolute Gasteiger partial charge is 0.354 e. The standard InChI is InChI=1S/C18H22N2O3S/c1-18(19,15-9-4-2-5-10-15)17(21)20-13-8-14-24(22,23)16-11-6-3-7-12-16/h2-7,9-12H,8,13-14,19H2,1H3,(H,20,21). The molecule has 2 rings (SSSR count). The lowest BCUT2D eigenvalue weighted by atomic mass is 9.92. The van der Waals surface area contributed by atoms with Gasteiger partial charge in [0.15, 0.2) is 9.84 Å². The molecule has 0 saturated heterocycles. The van der Waals surface area contributed by atoms with Gasteiger partial charge in [-0.2, -0.15) is 0 Å². The number of hydrogen-bond acceptors (Lipinski definition) is 4. The molecule has 0 fully saturated rings. The molecule has 0 saturated carbocycles. The number of carbonyl (C=O) groups excluding carboxylic acids is 1. The summed E-state index contributed by atoms with van der Waals surface area (Å²) in [5, 5.41) is 2.72. The van der Waals surface area contributed by atoms with Crippen molar-refractivity contribution in [3.8, 4) is 0 Å². The smallest absolute Gasteiger partial charge is 0.244 e. The first kappa shape index (κ1) is 18.2. The molecule has 0 spiro atoms. The molecule has 3 N–H and O–H groups in total. The van der Waals surface area contributed by atoms with Crippen LogP contribution in [0.4, 0.5) is 0 Å². The Bertz CT molecular complexity index is 772. The third-order valence-corrected chi connectivity index (χ3v) is 5.64. The number of sulfone groups is 1. The van der Waals surface area contributed by atoms with Gasteiger partial charge in [0, 0.05) is 6.54 Å². The summed E-state index contributed by atoms with van der Waals surface area (Å²) >= 11 is 0. The number of benzene rings is 2. The molecular formula is C18H22N2O3S. The van der Waals surface area contributed by atoms with E-state index >= 15 is 0 Å². The van der Waals surface area contributed by atoms with Crippen molar-refractivity contribution in [2.24, 2.45) is 5.73 Å². The van der Waals surface area contributed by atoms with Crippen molar-refractivity contribution in [3.63, 3.8) is 0 Å². The molecule has 1 unspecified atom stereocenters. The second-order valence-electron chi connectivity index (χ2n) is 5.81. The summed E-state index contributed by atoms with van der Waals surface area (Å²) in [6.45, 7) is 1.89. The van der Waals surface area contributed by atoms with Gasteiger partial charge in [-0.3, -0.25) is 4.79 Å². The molecule has 1 amide bonds. The van der Waals surface area contributed by atoms with Crippen molar-refractivity contribution in [1.29, 1.82) is 0 Å². The zero-order valence-electron chi connectivity index (χ0n) is 13.6. The molecule has 128 valence electrons. The Morgan fingerprint density at radius 2 is 1.58 bits per heavy atom. The number of rotatable bonds is 7. The van der Waals surface area contributed by atoms with E-state index in [-0.39, 0.29) is 18.2 Å². The highest BCUT2D eigenvalue weighted by Gasteiger charge is 2.29. The van der Waals surface area contributed by atoms with Crippen molar-refractivity contribution < 1.29 is 13.2 Å². The zero-order valence-corrected chi connectivity index (χ0v) is 14.4. The number of hydrogen-bond donors (Lipinski definition) is 2. The van der Waals surface area contributed by atoms with Crippen LogP contribution < -0.4 is 11.1 Å². The molecule has 0 aliphatic heterocycles. The quantitative estimate of drug-likeness (QED) is 0.749. The number of carbonyl (C=O) groups is 1. The number of nitrogens with one attached hydrogen (secondary N) is 1. The van der Waals surface area contributed by atoms with Gasteiger partial charge in [-0.05, 0) is 31.0 Å². The van der Waals surface area contributed by atoms with Gasteiger partial charge in [-0.15, -0.1) is 0 Å². The first-order chi connectivity index (χ1) is 11.3. The molecule has 0 bridgehead atoms. The van der Waals surface area contributed by atoms with Gasteiger partial charge in [-0.25, -0.2) is 8.42 Å². The third kappa shape index (κ3) is 4.43. The maximum atomic E-state index is 12.3. The molecule has 0 aliphatic rings. The van der Waals surface area contributed by atoms with Crippen LogP contribution in [0.25, 0.3) is 0 Å². The average Bonchev–Trinajstić information content (AvgIpc) is 2.60. The van der Waals surface area contributed by atoms with Crippen molar-refractivity contribution in [1.82, 2.24) is 5.32 Å². The molecule has 6 heteroatoms. The molecule has 0 radical (unpaired) electrons. The van der Waals surface area contributed by atoms with Crippen molar-refractivity contribution in [2.75, 3.05) is 12.3 Å². The summed E-state index contributed by atoms with van der Waals surface area (Å²) in [5.41, 5.74) is 5.66. The molecule has 0 heterocycles. The van der Waals surface area contributed by atoms with Crippen LogP contribution in [0.5, 0.6) is 0 Å². The minimum Gasteiger partial charge on any atom is -0.354 e. The Labute approximate surface area is 142 Å². The van der Waals surface area contributed by atoms with Crippen LogP contribution in [0.3, 0.4) is 0 Å². The minimum absolute atomic E-state index is 0.0239. The lowest BCUT2D eigenvalue weighted by molar-refractivity contribution is -0.126. The van der Waals surface area contributed by atoms with Crippen LogP contribution in [-0.4, -0.2) is 26.6 Å². The molecule has 1 atom stereocenters. The Morgan fingerprint density at radius 3 is 2.17 bits per heavy atom. The topological polar surface area (TPSA) is 89.3 Å². The fraction of sp³-hybridized carbons (Fsp3) is 0.278. The van der Waals surface area contributed by atoms with Gasteiger partial charge in [-0.1, -0.05) is 48.5 Å². The van der Waals surface area contributed by atoms with Crippen molar-refractivity contribution in [2.45, 2.75) is 23.8 Å². The van der Waals surface area contributed by atoms with Gasteiger partial charge in [0.2, 0.25) is 5.91 Å². The normalized spacial score (nSPS) is 13.9. The fourth-order valence-electron chi connectivity index (χ4n) is 2.31. The summed E-state index contributed by atoms with van der Waals surface area (Å²) in [7, 11) is -3.33. The monoisotopic (exact) mass is 346 g/mol. The Morgan fingerprint density at radius 1 is 1.04 bits per heavy atom. The van der Waals surface area contributed by atoms with E-state index < -0.39 is 15.4 Å². The van der Waals surface area contributed by atoms with Crippen LogP contribution in [0.2, 0.25) is 0 Å². The number of amides is 1. The first-order valence-corrected chi connectivity index (χ1v) is 9.40. The SMILES string of the molecule is CC(N)(C(=O)NCCCS(=O)(=O)c1ccccc1)c1ccccc1. The van der Waals surface area contributed by atoms with Crippen molar-refractivity contribution >= 4 is 15.7 Å². The van der Waals surface area contributed by atoms with Crippen LogP contribution >= 0.6 is 0 Å².